The normalized spacial score (nSPS) is 30.1. The number of aryl methyl sites for hydroxylation is 1. The van der Waals surface area contributed by atoms with Crippen LogP contribution in [0.15, 0.2) is 41.3 Å². The average molecular weight is 406 g/mol. The minimum Gasteiger partial charge on any atom is -0.366 e. The maximum atomic E-state index is 13.0. The van der Waals surface area contributed by atoms with Crippen LogP contribution in [0.1, 0.15) is 26.3 Å². The molecule has 1 aromatic carbocycles. The van der Waals surface area contributed by atoms with Gasteiger partial charge in [-0.2, -0.15) is 0 Å². The van der Waals surface area contributed by atoms with Crippen molar-refractivity contribution < 1.29 is 22.7 Å². The zero-order chi connectivity index (χ0) is 20.3. The van der Waals surface area contributed by atoms with Crippen LogP contribution in [-0.4, -0.2) is 55.6 Å². The van der Waals surface area contributed by atoms with Crippen molar-refractivity contribution in [2.24, 2.45) is 11.8 Å². The fourth-order valence-corrected chi connectivity index (χ4v) is 5.51. The minimum atomic E-state index is -3.59. The summed E-state index contributed by atoms with van der Waals surface area (Å²) in [5, 5.41) is 0. The van der Waals surface area contributed by atoms with Gasteiger partial charge in [0.25, 0.3) is 0 Å². The van der Waals surface area contributed by atoms with Crippen LogP contribution in [0, 0.1) is 18.8 Å². The Kier molecular flexibility index (Phi) is 4.68. The lowest BCUT2D eigenvalue weighted by molar-refractivity contribution is -0.139. The number of carbonyl (C=O) groups excluding carboxylic acids is 1. The Morgan fingerprint density at radius 1 is 1.21 bits per heavy atom. The van der Waals surface area contributed by atoms with Gasteiger partial charge in [0.15, 0.2) is 5.44 Å². The van der Waals surface area contributed by atoms with Crippen LogP contribution in [0.4, 0.5) is 0 Å². The molecule has 6 nitrogen and oxygen atoms in total. The molecular formula is C21H27NO5S. The molecule has 0 aromatic heterocycles. The van der Waals surface area contributed by atoms with E-state index in [1.807, 2.05) is 37.8 Å². The van der Waals surface area contributed by atoms with E-state index in [1.54, 1.807) is 31.2 Å². The highest BCUT2D eigenvalue weighted by Gasteiger charge is 2.57. The Balaban J connectivity index is 1.43. The van der Waals surface area contributed by atoms with Gasteiger partial charge in [0.1, 0.15) is 0 Å². The van der Waals surface area contributed by atoms with E-state index in [-0.39, 0.29) is 41.5 Å². The van der Waals surface area contributed by atoms with E-state index in [2.05, 4.69) is 0 Å². The summed E-state index contributed by atoms with van der Waals surface area (Å²) in [7, 11) is -3.59. The number of likely N-dealkylation sites (tertiary alicyclic amines) is 1. The molecule has 5 atom stereocenters. The smallest absolute Gasteiger partial charge is 0.229 e. The van der Waals surface area contributed by atoms with Crippen LogP contribution in [0.5, 0.6) is 0 Å². The highest BCUT2D eigenvalue weighted by Crippen LogP contribution is 2.46. The van der Waals surface area contributed by atoms with Gasteiger partial charge in [0.2, 0.25) is 15.7 Å². The zero-order valence-corrected chi connectivity index (χ0v) is 17.5. The van der Waals surface area contributed by atoms with Crippen molar-refractivity contribution in [2.75, 3.05) is 13.2 Å². The molecule has 2 saturated heterocycles. The fraction of sp³-hybridized carbons (Fsp3) is 0.571. The van der Waals surface area contributed by atoms with Gasteiger partial charge in [-0.25, -0.2) is 8.42 Å². The number of benzene rings is 1. The molecule has 3 aliphatic heterocycles. The summed E-state index contributed by atoms with van der Waals surface area (Å²) in [6.45, 7) is 8.07. The summed E-state index contributed by atoms with van der Waals surface area (Å²) in [6.07, 6.45) is 3.92. The minimum absolute atomic E-state index is 0.0153. The van der Waals surface area contributed by atoms with Crippen LogP contribution in [-0.2, 0) is 24.1 Å². The van der Waals surface area contributed by atoms with E-state index in [0.29, 0.717) is 6.54 Å². The number of rotatable bonds is 6. The highest BCUT2D eigenvalue weighted by atomic mass is 32.2. The Bertz CT molecular complexity index is 905. The van der Waals surface area contributed by atoms with Crippen LogP contribution in [0.3, 0.4) is 0 Å². The van der Waals surface area contributed by atoms with Crippen molar-refractivity contribution >= 4 is 15.7 Å². The van der Waals surface area contributed by atoms with Crippen molar-refractivity contribution in [1.29, 1.82) is 0 Å². The molecule has 0 spiro atoms. The molecule has 0 N–H and O–H groups in total. The van der Waals surface area contributed by atoms with Crippen molar-refractivity contribution in [3.05, 3.63) is 42.0 Å². The standard InChI is InChI=1S/C21H27NO5S/c1-13-5-7-15(8-6-13)28(24,25)14(2)26-12-21(3,4)22-11-16-17-9-10-18(27-17)19(16)20(22)23/h5-10,14,16-19H,11-12H2,1-4H3/t14?,16-,17?,18?,19?/m0/s1. The Morgan fingerprint density at radius 2 is 1.86 bits per heavy atom. The van der Waals surface area contributed by atoms with Gasteiger partial charge >= 0.3 is 0 Å². The number of fused-ring (bicyclic) bond motifs is 5. The number of carbonyl (C=O) groups is 1. The fourth-order valence-electron chi connectivity index (χ4n) is 4.36. The number of hydrogen-bond donors (Lipinski definition) is 0. The first-order chi connectivity index (χ1) is 13.1. The number of hydrogen-bond acceptors (Lipinski definition) is 5. The third-order valence-electron chi connectivity index (χ3n) is 6.17. The zero-order valence-electron chi connectivity index (χ0n) is 16.7. The molecule has 1 amide bonds. The average Bonchev–Trinajstić information content (AvgIpc) is 3.33. The lowest BCUT2D eigenvalue weighted by Crippen LogP contribution is -2.50. The topological polar surface area (TPSA) is 72.9 Å². The number of amides is 1. The van der Waals surface area contributed by atoms with Crippen LogP contribution in [0.25, 0.3) is 0 Å². The summed E-state index contributed by atoms with van der Waals surface area (Å²) >= 11 is 0. The molecule has 7 heteroatoms. The predicted molar refractivity (Wildman–Crippen MR) is 104 cm³/mol. The first-order valence-electron chi connectivity index (χ1n) is 9.69. The number of ether oxygens (including phenoxy) is 2. The van der Waals surface area contributed by atoms with Crippen LogP contribution < -0.4 is 0 Å². The third kappa shape index (κ3) is 3.09. The predicted octanol–water partition coefficient (Wildman–Crippen LogP) is 2.32. The van der Waals surface area contributed by atoms with E-state index in [0.717, 1.165) is 5.56 Å². The van der Waals surface area contributed by atoms with Gasteiger partial charge in [0, 0.05) is 12.5 Å². The van der Waals surface area contributed by atoms with E-state index in [4.69, 9.17) is 9.47 Å². The van der Waals surface area contributed by atoms with Gasteiger partial charge in [-0.1, -0.05) is 29.8 Å². The molecule has 0 saturated carbocycles. The molecule has 152 valence electrons. The molecule has 3 heterocycles. The quantitative estimate of drug-likeness (QED) is 0.679. The van der Waals surface area contributed by atoms with Gasteiger partial charge in [-0.05, 0) is 39.8 Å². The lowest BCUT2D eigenvalue weighted by atomic mass is 9.86. The van der Waals surface area contributed by atoms with Crippen molar-refractivity contribution in [1.82, 2.24) is 4.90 Å². The summed E-state index contributed by atoms with van der Waals surface area (Å²) in [5.41, 5.74) is -0.593. The number of nitrogens with zero attached hydrogens (tertiary/aromatic N) is 1. The Labute approximate surface area is 166 Å². The first kappa shape index (κ1) is 19.6. The summed E-state index contributed by atoms with van der Waals surface area (Å²) in [5.74, 6) is 0.128. The molecule has 2 fully saturated rings. The van der Waals surface area contributed by atoms with E-state index in [9.17, 15) is 13.2 Å². The van der Waals surface area contributed by atoms with Gasteiger partial charge in [-0.15, -0.1) is 0 Å². The second-order valence-electron chi connectivity index (χ2n) is 8.64. The molecular weight excluding hydrogens is 378 g/mol. The maximum Gasteiger partial charge on any atom is 0.229 e. The van der Waals surface area contributed by atoms with E-state index >= 15 is 0 Å². The van der Waals surface area contributed by atoms with Crippen molar-refractivity contribution in [3.8, 4) is 0 Å². The van der Waals surface area contributed by atoms with Crippen molar-refractivity contribution in [2.45, 2.75) is 55.8 Å². The monoisotopic (exact) mass is 405 g/mol. The Hall–Kier alpha value is -1.70. The summed E-state index contributed by atoms with van der Waals surface area (Å²) < 4.78 is 37.1. The van der Waals surface area contributed by atoms with Crippen LogP contribution in [0.2, 0.25) is 0 Å². The summed E-state index contributed by atoms with van der Waals surface area (Å²) in [6, 6.07) is 6.75. The molecule has 0 aliphatic carbocycles. The Morgan fingerprint density at radius 3 is 2.50 bits per heavy atom. The van der Waals surface area contributed by atoms with Gasteiger partial charge in [-0.3, -0.25) is 4.79 Å². The lowest BCUT2D eigenvalue weighted by Gasteiger charge is -2.37. The molecule has 3 aliphatic rings. The number of sulfone groups is 1. The van der Waals surface area contributed by atoms with E-state index < -0.39 is 20.8 Å². The molecule has 4 rings (SSSR count). The molecule has 0 radical (unpaired) electrons. The summed E-state index contributed by atoms with van der Waals surface area (Å²) in [4.78, 5) is 15.0. The van der Waals surface area contributed by atoms with Gasteiger partial charge in [0.05, 0.1) is 35.2 Å². The SMILES string of the molecule is Cc1ccc(S(=O)(=O)C(C)OCC(C)(C)N2C[C@H]3C4C=CC(O4)C3C2=O)cc1. The largest absolute Gasteiger partial charge is 0.366 e. The maximum absolute atomic E-state index is 13.0. The highest BCUT2D eigenvalue weighted by molar-refractivity contribution is 7.91. The first-order valence-corrected chi connectivity index (χ1v) is 11.2. The second kappa shape index (κ2) is 6.68. The van der Waals surface area contributed by atoms with E-state index in [1.165, 1.54) is 0 Å². The van der Waals surface area contributed by atoms with Crippen molar-refractivity contribution in [3.63, 3.8) is 0 Å². The third-order valence-corrected chi connectivity index (χ3v) is 8.11. The molecule has 1 aromatic rings. The molecule has 2 bridgehead atoms. The molecule has 4 unspecified atom stereocenters. The van der Waals surface area contributed by atoms with Gasteiger partial charge < -0.3 is 14.4 Å². The second-order valence-corrected chi connectivity index (χ2v) is 10.9. The van der Waals surface area contributed by atoms with Crippen LogP contribution >= 0.6 is 0 Å². The molecule has 28 heavy (non-hydrogen) atoms.